The number of halogens is 1. The molecule has 3 heteroatoms. The molecule has 1 aliphatic heterocycles. The summed E-state index contributed by atoms with van der Waals surface area (Å²) in [6.45, 7) is 11.3. The SMILES string of the molecule is CC.CC(=O)C1CCCN1C.CC(C)(C)F. The van der Waals surface area contributed by atoms with Gasteiger partial charge in [0.25, 0.3) is 0 Å². The molecule has 0 amide bonds. The van der Waals surface area contributed by atoms with Gasteiger partial charge in [0.2, 0.25) is 0 Å². The molecule has 1 heterocycles. The molecule has 2 nitrogen and oxygen atoms in total. The standard InChI is InChI=1S/C7H13NO.C4H9F.C2H6/c1-6(9)7-4-3-5-8(7)2;1-4(2,3)5;1-2/h7H,3-5H2,1-2H3;1-3H3;1-2H3. The molecule has 16 heavy (non-hydrogen) atoms. The number of carbonyl (C=O) groups excluding carboxylic acids is 1. The van der Waals surface area contributed by atoms with E-state index in [1.807, 2.05) is 20.9 Å². The molecule has 1 aliphatic rings. The third kappa shape index (κ3) is 11.6. The Labute approximate surface area is 100 Å². The first kappa shape index (κ1) is 17.9. The second-order valence-electron chi connectivity index (χ2n) is 4.82. The molecule has 0 aliphatic carbocycles. The van der Waals surface area contributed by atoms with Crippen LogP contribution in [0.3, 0.4) is 0 Å². The van der Waals surface area contributed by atoms with E-state index in [0.717, 1.165) is 13.0 Å². The zero-order chi connectivity index (χ0) is 13.4. The maximum atomic E-state index is 11.7. The van der Waals surface area contributed by atoms with Crippen LogP contribution in [0.5, 0.6) is 0 Å². The van der Waals surface area contributed by atoms with Gasteiger partial charge in [-0.1, -0.05) is 13.8 Å². The largest absolute Gasteiger partial charge is 0.298 e. The van der Waals surface area contributed by atoms with E-state index >= 15 is 0 Å². The lowest BCUT2D eigenvalue weighted by atomic mass is 10.1. The molecule has 0 saturated carbocycles. The molecule has 1 atom stereocenters. The van der Waals surface area contributed by atoms with E-state index in [1.54, 1.807) is 6.92 Å². The Morgan fingerprint density at radius 1 is 1.31 bits per heavy atom. The van der Waals surface area contributed by atoms with Gasteiger partial charge in [0.15, 0.2) is 0 Å². The summed E-state index contributed by atoms with van der Waals surface area (Å²) < 4.78 is 11.7. The number of carbonyl (C=O) groups is 1. The summed E-state index contributed by atoms with van der Waals surface area (Å²) in [5, 5.41) is 0. The lowest BCUT2D eigenvalue weighted by Crippen LogP contribution is -2.30. The van der Waals surface area contributed by atoms with E-state index < -0.39 is 5.67 Å². The van der Waals surface area contributed by atoms with Crippen LogP contribution >= 0.6 is 0 Å². The molecule has 1 saturated heterocycles. The Hall–Kier alpha value is -0.440. The highest BCUT2D eigenvalue weighted by Gasteiger charge is 2.23. The fourth-order valence-corrected chi connectivity index (χ4v) is 1.42. The van der Waals surface area contributed by atoms with Crippen LogP contribution in [0.15, 0.2) is 0 Å². The zero-order valence-corrected chi connectivity index (χ0v) is 11.9. The molecular weight excluding hydrogens is 205 g/mol. The highest BCUT2D eigenvalue weighted by Crippen LogP contribution is 2.14. The highest BCUT2D eigenvalue weighted by atomic mass is 19.1. The Morgan fingerprint density at radius 2 is 1.69 bits per heavy atom. The number of rotatable bonds is 1. The predicted molar refractivity (Wildman–Crippen MR) is 68.5 cm³/mol. The van der Waals surface area contributed by atoms with Gasteiger partial charge in [-0.05, 0) is 54.1 Å². The predicted octanol–water partition coefficient (Wildman–Crippen LogP) is 3.45. The van der Waals surface area contributed by atoms with Crippen molar-refractivity contribution in [2.24, 2.45) is 0 Å². The van der Waals surface area contributed by atoms with Crippen molar-refractivity contribution in [3.63, 3.8) is 0 Å². The van der Waals surface area contributed by atoms with Crippen LogP contribution in [0, 0.1) is 0 Å². The number of ketones is 1. The Morgan fingerprint density at radius 3 is 1.81 bits per heavy atom. The van der Waals surface area contributed by atoms with Crippen molar-refractivity contribution < 1.29 is 9.18 Å². The fourth-order valence-electron chi connectivity index (χ4n) is 1.42. The average Bonchev–Trinajstić information content (AvgIpc) is 2.52. The molecule has 0 spiro atoms. The first-order valence-electron chi connectivity index (χ1n) is 6.11. The van der Waals surface area contributed by atoms with Crippen molar-refractivity contribution >= 4 is 5.78 Å². The minimum atomic E-state index is -1.00. The fraction of sp³-hybridized carbons (Fsp3) is 0.923. The van der Waals surface area contributed by atoms with Gasteiger partial charge in [-0.3, -0.25) is 9.69 Å². The van der Waals surface area contributed by atoms with E-state index in [-0.39, 0.29) is 6.04 Å². The van der Waals surface area contributed by atoms with Crippen LogP contribution < -0.4 is 0 Å². The molecule has 0 N–H and O–H groups in total. The molecule has 0 aromatic rings. The van der Waals surface area contributed by atoms with Crippen LogP contribution in [0.2, 0.25) is 0 Å². The Balaban J connectivity index is 0. The van der Waals surface area contributed by atoms with Gasteiger partial charge in [-0.15, -0.1) is 0 Å². The molecule has 98 valence electrons. The number of likely N-dealkylation sites (tertiary alicyclic amines) is 1. The van der Waals surface area contributed by atoms with Crippen LogP contribution in [-0.4, -0.2) is 36.0 Å². The summed E-state index contributed by atoms with van der Waals surface area (Å²) in [6.07, 6.45) is 2.24. The zero-order valence-electron chi connectivity index (χ0n) is 11.9. The van der Waals surface area contributed by atoms with E-state index in [2.05, 4.69) is 4.90 Å². The molecule has 1 fully saturated rings. The normalized spacial score (nSPS) is 20.4. The minimum absolute atomic E-state index is 0.227. The van der Waals surface area contributed by atoms with Crippen LogP contribution in [0.1, 0.15) is 54.4 Å². The molecule has 0 radical (unpaired) electrons. The third-order valence-corrected chi connectivity index (χ3v) is 1.99. The molecule has 0 aromatic heterocycles. The van der Waals surface area contributed by atoms with Gasteiger partial charge >= 0.3 is 0 Å². The van der Waals surface area contributed by atoms with Gasteiger partial charge in [0, 0.05) is 0 Å². The molecule has 0 bridgehead atoms. The lowest BCUT2D eigenvalue weighted by molar-refractivity contribution is -0.120. The maximum Gasteiger partial charge on any atom is 0.146 e. The van der Waals surface area contributed by atoms with Crippen molar-refractivity contribution in [2.45, 2.75) is 66.1 Å². The molecular formula is C13H28FNO. The van der Waals surface area contributed by atoms with Crippen LogP contribution in [0.4, 0.5) is 4.39 Å². The van der Waals surface area contributed by atoms with Crippen molar-refractivity contribution in [3.8, 4) is 0 Å². The molecule has 0 aromatic carbocycles. The van der Waals surface area contributed by atoms with E-state index in [0.29, 0.717) is 5.78 Å². The van der Waals surface area contributed by atoms with Gasteiger partial charge in [-0.2, -0.15) is 0 Å². The second kappa shape index (κ2) is 8.68. The topological polar surface area (TPSA) is 20.3 Å². The maximum absolute atomic E-state index is 11.7. The quantitative estimate of drug-likeness (QED) is 0.691. The van der Waals surface area contributed by atoms with Gasteiger partial charge in [-0.25, -0.2) is 4.39 Å². The lowest BCUT2D eigenvalue weighted by Gasteiger charge is -2.14. The Kier molecular flexibility index (Phi) is 9.73. The van der Waals surface area contributed by atoms with E-state index in [9.17, 15) is 9.18 Å². The highest BCUT2D eigenvalue weighted by molar-refractivity contribution is 5.81. The van der Waals surface area contributed by atoms with Crippen LogP contribution in [-0.2, 0) is 4.79 Å². The summed E-state index contributed by atoms with van der Waals surface area (Å²) in [5.41, 5.74) is -1.00. The summed E-state index contributed by atoms with van der Waals surface area (Å²) in [4.78, 5) is 12.9. The second-order valence-corrected chi connectivity index (χ2v) is 4.82. The smallest absolute Gasteiger partial charge is 0.146 e. The Bertz CT molecular complexity index is 181. The number of hydrogen-bond acceptors (Lipinski definition) is 2. The molecule has 1 unspecified atom stereocenters. The first-order valence-corrected chi connectivity index (χ1v) is 6.11. The number of likely N-dealkylation sites (N-methyl/N-ethyl adjacent to an activating group) is 1. The van der Waals surface area contributed by atoms with E-state index in [4.69, 9.17) is 0 Å². The number of nitrogens with zero attached hydrogens (tertiary/aromatic N) is 1. The summed E-state index contributed by atoms with van der Waals surface area (Å²) in [6, 6.07) is 0.227. The van der Waals surface area contributed by atoms with Crippen molar-refractivity contribution in [1.29, 1.82) is 0 Å². The summed E-state index contributed by atoms with van der Waals surface area (Å²) >= 11 is 0. The third-order valence-electron chi connectivity index (χ3n) is 1.99. The summed E-state index contributed by atoms with van der Waals surface area (Å²) in [7, 11) is 2.01. The minimum Gasteiger partial charge on any atom is -0.298 e. The van der Waals surface area contributed by atoms with Gasteiger partial charge in [0.05, 0.1) is 6.04 Å². The van der Waals surface area contributed by atoms with Gasteiger partial charge in [0.1, 0.15) is 11.5 Å². The molecule has 1 rings (SSSR count). The number of hydrogen-bond donors (Lipinski definition) is 0. The average molecular weight is 233 g/mol. The summed E-state index contributed by atoms with van der Waals surface area (Å²) in [5.74, 6) is 0.315. The number of alkyl halides is 1. The monoisotopic (exact) mass is 233 g/mol. The van der Waals surface area contributed by atoms with Gasteiger partial charge < -0.3 is 0 Å². The van der Waals surface area contributed by atoms with Crippen LogP contribution in [0.25, 0.3) is 0 Å². The first-order chi connectivity index (χ1) is 7.22. The van der Waals surface area contributed by atoms with Crippen molar-refractivity contribution in [3.05, 3.63) is 0 Å². The number of Topliss-reactive ketones (excluding diaryl/α,β-unsaturated/α-hetero) is 1. The van der Waals surface area contributed by atoms with Crippen molar-refractivity contribution in [2.75, 3.05) is 13.6 Å². The van der Waals surface area contributed by atoms with E-state index in [1.165, 1.54) is 27.2 Å². The van der Waals surface area contributed by atoms with Crippen molar-refractivity contribution in [1.82, 2.24) is 4.90 Å².